The minimum Gasteiger partial charge on any atom is -0.389 e. The maximum Gasteiger partial charge on any atom is 0.270 e. The van der Waals surface area contributed by atoms with Crippen molar-refractivity contribution in [3.05, 3.63) is 81.9 Å². The van der Waals surface area contributed by atoms with Crippen LogP contribution in [0.2, 0.25) is 0 Å². The minimum atomic E-state index is -0.678. The second kappa shape index (κ2) is 9.82. The van der Waals surface area contributed by atoms with Crippen LogP contribution in [0.4, 0.5) is 5.69 Å². The summed E-state index contributed by atoms with van der Waals surface area (Å²) >= 11 is 0. The molecule has 6 nitrogen and oxygen atoms in total. The first-order valence-electron chi connectivity index (χ1n) is 8.54. The molecule has 0 aliphatic carbocycles. The number of benzene rings is 2. The van der Waals surface area contributed by atoms with Gasteiger partial charge in [-0.25, -0.2) is 0 Å². The smallest absolute Gasteiger partial charge is 0.270 e. The van der Waals surface area contributed by atoms with Crippen molar-refractivity contribution in [2.24, 2.45) is 0 Å². The van der Waals surface area contributed by atoms with E-state index >= 15 is 0 Å². The summed E-state index contributed by atoms with van der Waals surface area (Å²) in [6.45, 7) is 2.43. The van der Waals surface area contributed by atoms with Gasteiger partial charge in [-0.3, -0.25) is 10.1 Å². The highest BCUT2D eigenvalue weighted by atomic mass is 16.6. The quantitative estimate of drug-likeness (QED) is 0.474. The molecule has 3 unspecified atom stereocenters. The van der Waals surface area contributed by atoms with Gasteiger partial charge in [0, 0.05) is 18.2 Å². The van der Waals surface area contributed by atoms with E-state index in [1.807, 2.05) is 37.3 Å². The van der Waals surface area contributed by atoms with Crippen LogP contribution >= 0.6 is 0 Å². The SMILES string of the molecule is CC(NCCC(O)/C=C/c1cccc([N+](=O)[O-])c1)C(O)c1ccccc1. The highest BCUT2D eigenvalue weighted by Gasteiger charge is 2.15. The highest BCUT2D eigenvalue weighted by Crippen LogP contribution is 2.16. The number of nitrogens with one attached hydrogen (secondary N) is 1. The molecule has 0 fully saturated rings. The van der Waals surface area contributed by atoms with Gasteiger partial charge in [-0.1, -0.05) is 54.6 Å². The third kappa shape index (κ3) is 6.07. The van der Waals surface area contributed by atoms with Crippen LogP contribution in [0.15, 0.2) is 60.7 Å². The van der Waals surface area contributed by atoms with Crippen LogP contribution in [0.25, 0.3) is 6.08 Å². The summed E-state index contributed by atoms with van der Waals surface area (Å²) in [5.74, 6) is 0. The highest BCUT2D eigenvalue weighted by molar-refractivity contribution is 5.53. The maximum atomic E-state index is 10.8. The Morgan fingerprint density at radius 1 is 1.15 bits per heavy atom. The molecular weight excluding hydrogens is 332 g/mol. The maximum absolute atomic E-state index is 10.8. The van der Waals surface area contributed by atoms with E-state index in [-0.39, 0.29) is 11.7 Å². The summed E-state index contributed by atoms with van der Waals surface area (Å²) in [5.41, 5.74) is 1.53. The minimum absolute atomic E-state index is 0.0204. The van der Waals surface area contributed by atoms with Gasteiger partial charge < -0.3 is 15.5 Å². The zero-order chi connectivity index (χ0) is 18.9. The first kappa shape index (κ1) is 19.8. The largest absolute Gasteiger partial charge is 0.389 e. The van der Waals surface area contributed by atoms with Crippen LogP contribution in [0.3, 0.4) is 0 Å². The number of nitrogens with zero attached hydrogens (tertiary/aromatic N) is 1. The molecule has 138 valence electrons. The molecule has 0 aromatic heterocycles. The van der Waals surface area contributed by atoms with Crippen molar-refractivity contribution in [2.45, 2.75) is 31.6 Å². The lowest BCUT2D eigenvalue weighted by atomic mass is 10.0. The lowest BCUT2D eigenvalue weighted by Crippen LogP contribution is -2.34. The molecule has 0 amide bonds. The van der Waals surface area contributed by atoms with E-state index in [1.165, 1.54) is 12.1 Å². The summed E-state index contributed by atoms with van der Waals surface area (Å²) in [6.07, 6.45) is 2.45. The van der Waals surface area contributed by atoms with Gasteiger partial charge in [-0.2, -0.15) is 0 Å². The van der Waals surface area contributed by atoms with E-state index in [9.17, 15) is 20.3 Å². The standard InChI is InChI=1S/C20H24N2O4/c1-15(20(24)17-7-3-2-4-8-17)21-13-12-19(23)11-10-16-6-5-9-18(14-16)22(25)26/h2-11,14-15,19-21,23-24H,12-13H2,1H3/b11-10+. The third-order valence-electron chi connectivity index (χ3n) is 4.11. The average Bonchev–Trinajstić information content (AvgIpc) is 2.66. The van der Waals surface area contributed by atoms with Crippen LogP contribution in [0.5, 0.6) is 0 Å². The topological polar surface area (TPSA) is 95.6 Å². The van der Waals surface area contributed by atoms with Crippen molar-refractivity contribution in [1.82, 2.24) is 5.32 Å². The number of rotatable bonds is 9. The summed E-state index contributed by atoms with van der Waals surface area (Å²) < 4.78 is 0. The Kier molecular flexibility index (Phi) is 7.47. The van der Waals surface area contributed by atoms with Crippen LogP contribution in [0.1, 0.15) is 30.6 Å². The second-order valence-corrected chi connectivity index (χ2v) is 6.17. The molecule has 2 aromatic rings. The normalized spacial score (nSPS) is 14.9. The predicted molar refractivity (Wildman–Crippen MR) is 102 cm³/mol. The van der Waals surface area contributed by atoms with Crippen molar-refractivity contribution >= 4 is 11.8 Å². The molecule has 2 aromatic carbocycles. The number of aliphatic hydroxyl groups is 2. The zero-order valence-corrected chi connectivity index (χ0v) is 14.7. The van der Waals surface area contributed by atoms with Gasteiger partial charge in [0.1, 0.15) is 0 Å². The summed E-state index contributed by atoms with van der Waals surface area (Å²) in [4.78, 5) is 10.3. The van der Waals surface area contributed by atoms with E-state index in [4.69, 9.17) is 0 Å². The van der Waals surface area contributed by atoms with Gasteiger partial charge in [0.15, 0.2) is 0 Å². The number of nitro groups is 1. The fourth-order valence-corrected chi connectivity index (χ4v) is 2.57. The van der Waals surface area contributed by atoms with E-state index in [0.717, 1.165) is 5.56 Å². The van der Waals surface area contributed by atoms with Crippen molar-refractivity contribution in [3.8, 4) is 0 Å². The lowest BCUT2D eigenvalue weighted by molar-refractivity contribution is -0.384. The van der Waals surface area contributed by atoms with Crippen LogP contribution in [0, 0.1) is 10.1 Å². The predicted octanol–water partition coefficient (Wildman–Crippen LogP) is 3.07. The van der Waals surface area contributed by atoms with E-state index in [1.54, 1.807) is 24.3 Å². The number of hydrogen-bond acceptors (Lipinski definition) is 5. The molecule has 0 bridgehead atoms. The molecule has 3 atom stereocenters. The Morgan fingerprint density at radius 3 is 2.58 bits per heavy atom. The third-order valence-corrected chi connectivity index (χ3v) is 4.11. The van der Waals surface area contributed by atoms with Crippen LogP contribution < -0.4 is 5.32 Å². The first-order chi connectivity index (χ1) is 12.5. The lowest BCUT2D eigenvalue weighted by Gasteiger charge is -2.21. The summed E-state index contributed by atoms with van der Waals surface area (Å²) in [5, 5.41) is 34.3. The fraction of sp³-hybridized carbons (Fsp3) is 0.300. The van der Waals surface area contributed by atoms with Crippen molar-refractivity contribution < 1.29 is 15.1 Å². The van der Waals surface area contributed by atoms with Gasteiger partial charge >= 0.3 is 0 Å². The van der Waals surface area contributed by atoms with Crippen LogP contribution in [-0.4, -0.2) is 33.8 Å². The van der Waals surface area contributed by atoms with Crippen molar-refractivity contribution in [1.29, 1.82) is 0 Å². The van der Waals surface area contributed by atoms with Gasteiger partial charge in [-0.15, -0.1) is 0 Å². The molecule has 0 aliphatic rings. The number of aliphatic hydroxyl groups excluding tert-OH is 2. The second-order valence-electron chi connectivity index (χ2n) is 6.17. The molecule has 0 saturated carbocycles. The van der Waals surface area contributed by atoms with Crippen molar-refractivity contribution in [2.75, 3.05) is 6.54 Å². The average molecular weight is 356 g/mol. The molecule has 0 saturated heterocycles. The Bertz CT molecular complexity index is 734. The van der Waals surface area contributed by atoms with E-state index in [0.29, 0.717) is 18.5 Å². The molecule has 3 N–H and O–H groups in total. The summed E-state index contributed by atoms with van der Waals surface area (Å²) in [6, 6.07) is 15.5. The molecule has 0 heterocycles. The fourth-order valence-electron chi connectivity index (χ4n) is 2.57. The molecule has 0 spiro atoms. The Morgan fingerprint density at radius 2 is 1.88 bits per heavy atom. The monoisotopic (exact) mass is 356 g/mol. The summed E-state index contributed by atoms with van der Waals surface area (Å²) in [7, 11) is 0. The number of nitro benzene ring substituents is 1. The number of hydrogen-bond donors (Lipinski definition) is 3. The zero-order valence-electron chi connectivity index (χ0n) is 14.7. The van der Waals surface area contributed by atoms with E-state index < -0.39 is 17.1 Å². The van der Waals surface area contributed by atoms with Gasteiger partial charge in [0.05, 0.1) is 17.1 Å². The molecule has 2 rings (SSSR count). The van der Waals surface area contributed by atoms with Gasteiger partial charge in [0.2, 0.25) is 0 Å². The molecule has 6 heteroatoms. The van der Waals surface area contributed by atoms with Crippen molar-refractivity contribution in [3.63, 3.8) is 0 Å². The van der Waals surface area contributed by atoms with Gasteiger partial charge in [0.25, 0.3) is 5.69 Å². The molecule has 26 heavy (non-hydrogen) atoms. The Labute approximate surface area is 153 Å². The van der Waals surface area contributed by atoms with Crippen LogP contribution in [-0.2, 0) is 0 Å². The number of non-ortho nitro benzene ring substituents is 1. The first-order valence-corrected chi connectivity index (χ1v) is 8.54. The molecule has 0 aliphatic heterocycles. The Hall–Kier alpha value is -2.54. The Balaban J connectivity index is 1.78. The van der Waals surface area contributed by atoms with Gasteiger partial charge in [-0.05, 0) is 31.0 Å². The molecular formula is C20H24N2O4. The van der Waals surface area contributed by atoms with E-state index in [2.05, 4.69) is 5.32 Å². The molecule has 0 radical (unpaired) electrons.